The van der Waals surface area contributed by atoms with E-state index in [9.17, 15) is 14.9 Å². The molecule has 0 fully saturated rings. The fraction of sp³-hybridized carbons (Fsp3) is 0.231. The normalized spacial score (nSPS) is 10.4. The molecule has 0 unspecified atom stereocenters. The van der Waals surface area contributed by atoms with Gasteiger partial charge in [0.2, 0.25) is 11.7 Å². The molecule has 21 heavy (non-hydrogen) atoms. The van der Waals surface area contributed by atoms with E-state index < -0.39 is 10.9 Å². The number of nitro groups is 1. The zero-order valence-corrected chi connectivity index (χ0v) is 11.3. The van der Waals surface area contributed by atoms with Crippen molar-refractivity contribution < 1.29 is 24.0 Å². The lowest BCUT2D eigenvalue weighted by atomic mass is 10.2. The number of aromatic nitrogens is 1. The Morgan fingerprint density at radius 2 is 2.24 bits per heavy atom. The molecule has 2 rings (SSSR count). The molecule has 1 aromatic carbocycles. The molecule has 2 aromatic rings. The first kappa shape index (κ1) is 14.5. The second kappa shape index (κ2) is 5.61. The van der Waals surface area contributed by atoms with Crippen molar-refractivity contribution in [3.63, 3.8) is 0 Å². The molecule has 0 bridgehead atoms. The molecule has 0 atom stereocenters. The second-order valence-electron chi connectivity index (χ2n) is 4.10. The van der Waals surface area contributed by atoms with Crippen LogP contribution < -0.4 is 4.74 Å². The average molecular weight is 292 g/mol. The van der Waals surface area contributed by atoms with Crippen LogP contribution in [0.25, 0.3) is 11.5 Å². The number of hydrogen-bond donors (Lipinski definition) is 1. The Morgan fingerprint density at radius 3 is 2.71 bits per heavy atom. The van der Waals surface area contributed by atoms with Gasteiger partial charge in [-0.2, -0.15) is 0 Å². The maximum absolute atomic E-state index is 11.1. The van der Waals surface area contributed by atoms with Gasteiger partial charge in [0.25, 0.3) is 5.69 Å². The van der Waals surface area contributed by atoms with Gasteiger partial charge in [-0.3, -0.25) is 10.1 Å². The van der Waals surface area contributed by atoms with E-state index >= 15 is 0 Å². The van der Waals surface area contributed by atoms with Crippen LogP contribution in [0.3, 0.4) is 0 Å². The Morgan fingerprint density at radius 1 is 1.52 bits per heavy atom. The molecule has 0 radical (unpaired) electrons. The molecule has 0 amide bonds. The molecule has 110 valence electrons. The van der Waals surface area contributed by atoms with E-state index in [4.69, 9.17) is 14.3 Å². The summed E-state index contributed by atoms with van der Waals surface area (Å²) in [5, 5.41) is 19.8. The first-order chi connectivity index (χ1) is 9.97. The molecule has 8 heteroatoms. The number of carbonyl (C=O) groups is 1. The number of nitro benzene ring substituents is 1. The van der Waals surface area contributed by atoms with Gasteiger partial charge in [-0.15, -0.1) is 0 Å². The number of non-ortho nitro benzene ring substituents is 1. The van der Waals surface area contributed by atoms with E-state index in [-0.39, 0.29) is 23.1 Å². The monoisotopic (exact) mass is 292 g/mol. The smallest absolute Gasteiger partial charge is 0.373 e. The summed E-state index contributed by atoms with van der Waals surface area (Å²) < 4.78 is 10.3. The van der Waals surface area contributed by atoms with Crippen LogP contribution in [0.15, 0.2) is 22.6 Å². The fourth-order valence-corrected chi connectivity index (χ4v) is 1.84. The number of benzene rings is 1. The number of nitrogens with zero attached hydrogens (tertiary/aromatic N) is 2. The summed E-state index contributed by atoms with van der Waals surface area (Å²) in [6, 6.07) is 3.91. The van der Waals surface area contributed by atoms with Crippen LogP contribution in [-0.4, -0.2) is 28.1 Å². The number of hydrogen-bond acceptors (Lipinski definition) is 6. The van der Waals surface area contributed by atoms with E-state index in [0.717, 1.165) is 0 Å². The van der Waals surface area contributed by atoms with Crippen LogP contribution in [0.4, 0.5) is 5.69 Å². The molecule has 0 saturated heterocycles. The third-order valence-corrected chi connectivity index (χ3v) is 2.85. The van der Waals surface area contributed by atoms with Gasteiger partial charge in [0.05, 0.1) is 29.4 Å². The SMILES string of the molecule is CCc1nc(-c2ccc([N+](=O)[O-])cc2OC)oc1C(=O)O. The summed E-state index contributed by atoms with van der Waals surface area (Å²) >= 11 is 0. The van der Waals surface area contributed by atoms with Crippen molar-refractivity contribution in [1.82, 2.24) is 4.98 Å². The summed E-state index contributed by atoms with van der Waals surface area (Å²) in [5.41, 5.74) is 0.513. The van der Waals surface area contributed by atoms with Crippen LogP contribution in [0.1, 0.15) is 23.2 Å². The maximum atomic E-state index is 11.1. The van der Waals surface area contributed by atoms with E-state index in [1.165, 1.54) is 25.3 Å². The summed E-state index contributed by atoms with van der Waals surface area (Å²) in [4.78, 5) is 25.4. The molecule has 0 aliphatic rings. The van der Waals surface area contributed by atoms with E-state index in [1.807, 2.05) is 0 Å². The van der Waals surface area contributed by atoms with Gasteiger partial charge in [0.15, 0.2) is 0 Å². The van der Waals surface area contributed by atoms with Gasteiger partial charge in [-0.05, 0) is 12.5 Å². The number of aryl methyl sites for hydroxylation is 1. The molecule has 0 aliphatic carbocycles. The third-order valence-electron chi connectivity index (χ3n) is 2.85. The maximum Gasteiger partial charge on any atom is 0.373 e. The summed E-state index contributed by atoms with van der Waals surface area (Å²) in [6.07, 6.45) is 0.389. The zero-order valence-electron chi connectivity index (χ0n) is 11.3. The van der Waals surface area contributed by atoms with Gasteiger partial charge in [0.1, 0.15) is 5.75 Å². The number of rotatable bonds is 5. The Bertz CT molecular complexity index is 707. The summed E-state index contributed by atoms with van der Waals surface area (Å²) in [6.45, 7) is 1.75. The Kier molecular flexibility index (Phi) is 3.88. The van der Waals surface area contributed by atoms with Crippen molar-refractivity contribution in [2.75, 3.05) is 7.11 Å². The summed E-state index contributed by atoms with van der Waals surface area (Å²) in [5.74, 6) is -1.22. The topological polar surface area (TPSA) is 116 Å². The minimum absolute atomic E-state index is 0.0518. The lowest BCUT2D eigenvalue weighted by Gasteiger charge is -2.04. The minimum atomic E-state index is -1.22. The second-order valence-corrected chi connectivity index (χ2v) is 4.10. The highest BCUT2D eigenvalue weighted by molar-refractivity contribution is 5.86. The number of methoxy groups -OCH3 is 1. The van der Waals surface area contributed by atoms with Gasteiger partial charge in [-0.1, -0.05) is 6.92 Å². The highest BCUT2D eigenvalue weighted by Crippen LogP contribution is 2.33. The van der Waals surface area contributed by atoms with E-state index in [0.29, 0.717) is 17.7 Å². The van der Waals surface area contributed by atoms with Crippen LogP contribution >= 0.6 is 0 Å². The molecule has 1 N–H and O–H groups in total. The first-order valence-corrected chi connectivity index (χ1v) is 6.03. The molecular weight excluding hydrogens is 280 g/mol. The number of carboxylic acids is 1. The van der Waals surface area contributed by atoms with Gasteiger partial charge in [0, 0.05) is 6.07 Å². The standard InChI is InChI=1S/C13H12N2O6/c1-3-9-11(13(16)17)21-12(14-9)8-5-4-7(15(18)19)6-10(8)20-2/h4-6H,3H2,1-2H3,(H,16,17). The molecule has 1 heterocycles. The van der Waals surface area contributed by atoms with E-state index in [2.05, 4.69) is 4.98 Å². The van der Waals surface area contributed by atoms with E-state index in [1.54, 1.807) is 6.92 Å². The van der Waals surface area contributed by atoms with Gasteiger partial charge in [-0.25, -0.2) is 9.78 Å². The Balaban J connectivity index is 2.56. The molecule has 0 spiro atoms. The van der Waals surface area contributed by atoms with Crippen molar-refractivity contribution >= 4 is 11.7 Å². The lowest BCUT2D eigenvalue weighted by Crippen LogP contribution is -1.98. The first-order valence-electron chi connectivity index (χ1n) is 6.03. The molecule has 0 saturated carbocycles. The molecule has 1 aromatic heterocycles. The Labute approximate surface area is 119 Å². The van der Waals surface area contributed by atoms with Crippen molar-refractivity contribution in [2.45, 2.75) is 13.3 Å². The van der Waals surface area contributed by atoms with Crippen LogP contribution in [0.5, 0.6) is 5.75 Å². The Hall–Kier alpha value is -2.90. The molecular formula is C13H12N2O6. The zero-order chi connectivity index (χ0) is 15.6. The highest BCUT2D eigenvalue weighted by Gasteiger charge is 2.22. The quantitative estimate of drug-likeness (QED) is 0.664. The van der Waals surface area contributed by atoms with Crippen LogP contribution in [0, 0.1) is 10.1 Å². The lowest BCUT2D eigenvalue weighted by molar-refractivity contribution is -0.384. The van der Waals surface area contributed by atoms with Crippen molar-refractivity contribution in [2.24, 2.45) is 0 Å². The fourth-order valence-electron chi connectivity index (χ4n) is 1.84. The molecule has 0 aliphatic heterocycles. The number of carboxylic acid groups (broad SMARTS) is 1. The van der Waals surface area contributed by atoms with Crippen LogP contribution in [-0.2, 0) is 6.42 Å². The van der Waals surface area contributed by atoms with Crippen molar-refractivity contribution in [1.29, 1.82) is 0 Å². The number of oxazole rings is 1. The number of aromatic carboxylic acids is 1. The molecule has 8 nitrogen and oxygen atoms in total. The van der Waals surface area contributed by atoms with Crippen molar-refractivity contribution in [3.05, 3.63) is 39.8 Å². The largest absolute Gasteiger partial charge is 0.496 e. The van der Waals surface area contributed by atoms with Gasteiger partial charge >= 0.3 is 5.97 Å². The van der Waals surface area contributed by atoms with Crippen molar-refractivity contribution in [3.8, 4) is 17.2 Å². The number of ether oxygens (including phenoxy) is 1. The highest BCUT2D eigenvalue weighted by atomic mass is 16.6. The van der Waals surface area contributed by atoms with Crippen LogP contribution in [0.2, 0.25) is 0 Å². The predicted octanol–water partition coefficient (Wildman–Crippen LogP) is 2.52. The average Bonchev–Trinajstić information content (AvgIpc) is 2.90. The third kappa shape index (κ3) is 2.69. The van der Waals surface area contributed by atoms with Gasteiger partial charge < -0.3 is 14.3 Å². The summed E-state index contributed by atoms with van der Waals surface area (Å²) in [7, 11) is 1.35. The predicted molar refractivity (Wildman–Crippen MR) is 71.5 cm³/mol. The minimum Gasteiger partial charge on any atom is -0.496 e.